The van der Waals surface area contributed by atoms with Crippen LogP contribution in [0.15, 0.2) is 16.7 Å². The summed E-state index contributed by atoms with van der Waals surface area (Å²) >= 11 is 5.51. The molecule has 1 aromatic rings. The molecule has 0 saturated heterocycles. The Balaban J connectivity index is 2.45. The fraction of sp³-hybridized carbons (Fsp3) is 0.167. The van der Waals surface area contributed by atoms with Crippen molar-refractivity contribution >= 4 is 17.7 Å². The molecule has 1 aromatic heterocycles. The van der Waals surface area contributed by atoms with Crippen LogP contribution in [0.1, 0.15) is 5.76 Å². The highest BCUT2D eigenvalue weighted by Crippen LogP contribution is 2.12. The van der Waals surface area contributed by atoms with E-state index in [1.54, 1.807) is 6.07 Å². The van der Waals surface area contributed by atoms with E-state index >= 15 is 0 Å². The third-order valence-electron chi connectivity index (χ3n) is 1.04. The van der Waals surface area contributed by atoms with Crippen molar-refractivity contribution in [2.24, 2.45) is 0 Å². The predicted octanol–water partition coefficient (Wildman–Crippen LogP) is 1.70. The van der Waals surface area contributed by atoms with Crippen LogP contribution in [0.2, 0.25) is 5.02 Å². The van der Waals surface area contributed by atoms with Gasteiger partial charge in [0.25, 0.3) is 0 Å². The molecule has 1 heterocycles. The predicted molar refractivity (Wildman–Crippen MR) is 38.6 cm³/mol. The summed E-state index contributed by atoms with van der Waals surface area (Å²) in [4.78, 5) is 9.99. The molecule has 0 aromatic carbocycles. The quantitative estimate of drug-likeness (QED) is 0.719. The van der Waals surface area contributed by atoms with Gasteiger partial charge in [0.2, 0.25) is 0 Å². The van der Waals surface area contributed by atoms with E-state index in [1.807, 2.05) is 0 Å². The van der Waals surface area contributed by atoms with Gasteiger partial charge in [0.15, 0.2) is 0 Å². The number of nitrogens with one attached hydrogen (secondary N) is 1. The van der Waals surface area contributed by atoms with Crippen LogP contribution < -0.4 is 5.32 Å². The molecule has 0 fully saturated rings. The molecular weight excluding hydrogens is 170 g/mol. The van der Waals surface area contributed by atoms with Crippen molar-refractivity contribution in [1.29, 1.82) is 0 Å². The van der Waals surface area contributed by atoms with E-state index in [1.165, 1.54) is 6.26 Å². The summed E-state index contributed by atoms with van der Waals surface area (Å²) in [7, 11) is 0. The molecule has 5 heteroatoms. The first-order valence-corrected chi connectivity index (χ1v) is 3.26. The maximum absolute atomic E-state index is 9.99. The molecule has 11 heavy (non-hydrogen) atoms. The summed E-state index contributed by atoms with van der Waals surface area (Å²) in [5.41, 5.74) is 0. The van der Waals surface area contributed by atoms with Gasteiger partial charge in [0, 0.05) is 6.07 Å². The lowest BCUT2D eigenvalue weighted by Crippen LogP contribution is -2.19. The van der Waals surface area contributed by atoms with Gasteiger partial charge in [0.1, 0.15) is 12.0 Å². The van der Waals surface area contributed by atoms with Crippen molar-refractivity contribution in [3.8, 4) is 0 Å². The molecule has 2 N–H and O–H groups in total. The Kier molecular flexibility index (Phi) is 2.38. The second-order valence-corrected chi connectivity index (χ2v) is 2.33. The number of carbonyl (C=O) groups is 1. The van der Waals surface area contributed by atoms with Crippen LogP contribution in [0.5, 0.6) is 0 Å². The van der Waals surface area contributed by atoms with E-state index < -0.39 is 6.09 Å². The maximum Gasteiger partial charge on any atom is 0.405 e. The van der Waals surface area contributed by atoms with Gasteiger partial charge < -0.3 is 14.8 Å². The van der Waals surface area contributed by atoms with Crippen LogP contribution in [-0.4, -0.2) is 11.2 Å². The van der Waals surface area contributed by atoms with Gasteiger partial charge in [-0.25, -0.2) is 4.79 Å². The number of carboxylic acid groups (broad SMARTS) is 1. The molecule has 0 bridgehead atoms. The zero-order valence-corrected chi connectivity index (χ0v) is 6.26. The highest BCUT2D eigenvalue weighted by molar-refractivity contribution is 6.30. The topological polar surface area (TPSA) is 62.5 Å². The Morgan fingerprint density at radius 2 is 2.55 bits per heavy atom. The van der Waals surface area contributed by atoms with E-state index in [0.717, 1.165) is 0 Å². The average Bonchev–Trinajstić information content (AvgIpc) is 2.31. The van der Waals surface area contributed by atoms with Crippen LogP contribution in [0.25, 0.3) is 0 Å². The number of halogens is 1. The van der Waals surface area contributed by atoms with Crippen LogP contribution >= 0.6 is 11.6 Å². The fourth-order valence-corrected chi connectivity index (χ4v) is 0.775. The molecule has 0 aliphatic heterocycles. The first-order valence-electron chi connectivity index (χ1n) is 2.88. The van der Waals surface area contributed by atoms with E-state index in [-0.39, 0.29) is 6.54 Å². The highest BCUT2D eigenvalue weighted by atomic mass is 35.5. The Morgan fingerprint density at radius 1 is 1.82 bits per heavy atom. The molecule has 0 spiro atoms. The van der Waals surface area contributed by atoms with Crippen LogP contribution in [-0.2, 0) is 6.54 Å². The fourth-order valence-electron chi connectivity index (χ4n) is 0.609. The molecule has 0 aliphatic carbocycles. The number of furan rings is 1. The number of hydrogen-bond donors (Lipinski definition) is 2. The lowest BCUT2D eigenvalue weighted by molar-refractivity contribution is 0.193. The van der Waals surface area contributed by atoms with Crippen molar-refractivity contribution in [3.63, 3.8) is 0 Å². The zero-order chi connectivity index (χ0) is 8.27. The Hall–Kier alpha value is -1.16. The first-order chi connectivity index (χ1) is 5.18. The molecule has 0 unspecified atom stereocenters. The number of amides is 1. The monoisotopic (exact) mass is 175 g/mol. The highest BCUT2D eigenvalue weighted by Gasteiger charge is 2.00. The third-order valence-corrected chi connectivity index (χ3v) is 1.23. The van der Waals surface area contributed by atoms with E-state index in [2.05, 4.69) is 5.32 Å². The molecule has 0 aliphatic rings. The van der Waals surface area contributed by atoms with Gasteiger partial charge in [-0.15, -0.1) is 0 Å². The summed E-state index contributed by atoms with van der Waals surface area (Å²) in [6.07, 6.45) is 0.262. The van der Waals surface area contributed by atoms with Crippen LogP contribution in [0.3, 0.4) is 0 Å². The van der Waals surface area contributed by atoms with E-state index in [0.29, 0.717) is 10.8 Å². The summed E-state index contributed by atoms with van der Waals surface area (Å²) < 4.78 is 4.86. The minimum absolute atomic E-state index is 0.141. The number of hydrogen-bond acceptors (Lipinski definition) is 2. The van der Waals surface area contributed by atoms with Gasteiger partial charge in [-0.3, -0.25) is 0 Å². The molecule has 4 nitrogen and oxygen atoms in total. The largest absolute Gasteiger partial charge is 0.466 e. The van der Waals surface area contributed by atoms with Gasteiger partial charge in [0.05, 0.1) is 11.6 Å². The standard InChI is InChI=1S/C6H6ClNO3/c7-4-1-5(11-3-4)2-8-6(9)10/h1,3,8H,2H2,(H,9,10). The molecule has 0 saturated carbocycles. The van der Waals surface area contributed by atoms with Crippen molar-refractivity contribution < 1.29 is 14.3 Å². The molecule has 1 rings (SSSR count). The molecule has 0 radical (unpaired) electrons. The van der Waals surface area contributed by atoms with E-state index in [4.69, 9.17) is 21.1 Å². The van der Waals surface area contributed by atoms with Gasteiger partial charge in [-0.05, 0) is 0 Å². The van der Waals surface area contributed by atoms with Crippen LogP contribution in [0, 0.1) is 0 Å². The summed E-state index contributed by atoms with van der Waals surface area (Å²) in [6.45, 7) is 0.141. The van der Waals surface area contributed by atoms with Gasteiger partial charge >= 0.3 is 6.09 Å². The average molecular weight is 176 g/mol. The Labute approximate surface area is 67.8 Å². The summed E-state index contributed by atoms with van der Waals surface area (Å²) in [5, 5.41) is 10.8. The third kappa shape index (κ3) is 2.51. The normalized spacial score (nSPS) is 9.55. The lowest BCUT2D eigenvalue weighted by atomic mass is 10.4. The van der Waals surface area contributed by atoms with Crippen LogP contribution in [0.4, 0.5) is 4.79 Å². The molecule has 1 amide bonds. The second kappa shape index (κ2) is 3.30. The number of rotatable bonds is 2. The Morgan fingerprint density at radius 3 is 3.00 bits per heavy atom. The minimum atomic E-state index is -1.09. The SMILES string of the molecule is O=C(O)NCc1cc(Cl)co1. The molecular formula is C6H6ClNO3. The molecule has 0 atom stereocenters. The van der Waals surface area contributed by atoms with Crippen molar-refractivity contribution in [1.82, 2.24) is 5.32 Å². The van der Waals surface area contributed by atoms with Gasteiger partial charge in [-0.2, -0.15) is 0 Å². The zero-order valence-electron chi connectivity index (χ0n) is 5.50. The summed E-state index contributed by atoms with van der Waals surface area (Å²) in [6, 6.07) is 1.55. The maximum atomic E-state index is 9.99. The van der Waals surface area contributed by atoms with Crippen molar-refractivity contribution in [3.05, 3.63) is 23.1 Å². The smallest absolute Gasteiger partial charge is 0.405 e. The summed E-state index contributed by atoms with van der Waals surface area (Å²) in [5.74, 6) is 0.498. The second-order valence-electron chi connectivity index (χ2n) is 1.89. The minimum Gasteiger partial charge on any atom is -0.466 e. The Bertz CT molecular complexity index is 258. The first kappa shape index (κ1) is 7.94. The van der Waals surface area contributed by atoms with Crippen molar-refractivity contribution in [2.45, 2.75) is 6.54 Å². The lowest BCUT2D eigenvalue weighted by Gasteiger charge is -1.94. The molecule has 60 valence electrons. The van der Waals surface area contributed by atoms with Crippen molar-refractivity contribution in [2.75, 3.05) is 0 Å². The van der Waals surface area contributed by atoms with Gasteiger partial charge in [-0.1, -0.05) is 11.6 Å². The van der Waals surface area contributed by atoms with E-state index in [9.17, 15) is 4.79 Å².